The molecule has 3 N–H and O–H groups in total. The Labute approximate surface area is 172 Å². The molecular weight excluding hydrogens is 412 g/mol. The number of aromatic amines is 2. The van der Waals surface area contributed by atoms with Gasteiger partial charge in [-0.25, -0.2) is 8.42 Å². The smallest absolute Gasteiger partial charge is 0.273 e. The van der Waals surface area contributed by atoms with E-state index in [-0.39, 0.29) is 10.6 Å². The number of thioether (sulfide) groups is 1. The van der Waals surface area contributed by atoms with Crippen LogP contribution in [0.3, 0.4) is 0 Å². The van der Waals surface area contributed by atoms with Gasteiger partial charge in [0, 0.05) is 54.3 Å². The van der Waals surface area contributed by atoms with Crippen LogP contribution in [0.15, 0.2) is 41.7 Å². The molecule has 0 atom stereocenters. The first-order valence-corrected chi connectivity index (χ1v) is 11.6. The summed E-state index contributed by atoms with van der Waals surface area (Å²) in [5, 5.41) is 9.80. The number of pyridine rings is 1. The van der Waals surface area contributed by atoms with Crippen LogP contribution in [0.25, 0.3) is 11.3 Å². The van der Waals surface area contributed by atoms with Crippen LogP contribution in [0.4, 0.5) is 5.82 Å². The van der Waals surface area contributed by atoms with Gasteiger partial charge >= 0.3 is 0 Å². The zero-order valence-electron chi connectivity index (χ0n) is 15.7. The number of rotatable bonds is 5. The minimum Gasteiger partial charge on any atom is -0.356 e. The molecule has 0 unspecified atom stereocenters. The van der Waals surface area contributed by atoms with Gasteiger partial charge in [0.1, 0.15) is 10.6 Å². The fourth-order valence-electron chi connectivity index (χ4n) is 3.08. The third-order valence-electron chi connectivity index (χ3n) is 4.72. The fourth-order valence-corrected chi connectivity index (χ4v) is 5.65. The number of carbonyl (C=O) groups excluding carboxylic acids is 1. The fraction of sp³-hybridized carbons (Fsp3) is 0.278. The Hall–Kier alpha value is -2.63. The van der Waals surface area contributed by atoms with Crippen LogP contribution in [-0.2, 0) is 10.0 Å². The molecule has 0 bridgehead atoms. The number of H-pyrrole nitrogens is 2. The van der Waals surface area contributed by atoms with E-state index in [1.54, 1.807) is 24.2 Å². The Morgan fingerprint density at radius 2 is 1.97 bits per heavy atom. The summed E-state index contributed by atoms with van der Waals surface area (Å²) in [6.07, 6.45) is 4.71. The number of anilines is 1. The maximum Gasteiger partial charge on any atom is 0.273 e. The zero-order chi connectivity index (χ0) is 20.4. The lowest BCUT2D eigenvalue weighted by Crippen LogP contribution is -2.37. The van der Waals surface area contributed by atoms with Gasteiger partial charge in [-0.15, -0.1) is 0 Å². The summed E-state index contributed by atoms with van der Waals surface area (Å²) in [5.74, 6) is 1.47. The predicted octanol–water partition coefficient (Wildman–Crippen LogP) is 2.10. The summed E-state index contributed by atoms with van der Waals surface area (Å²) < 4.78 is 26.9. The van der Waals surface area contributed by atoms with Crippen LogP contribution in [0.1, 0.15) is 16.1 Å². The number of nitrogens with zero attached hydrogens (tertiary/aromatic N) is 3. The molecule has 9 nitrogen and oxygen atoms in total. The largest absolute Gasteiger partial charge is 0.356 e. The molecule has 1 aliphatic heterocycles. The van der Waals surface area contributed by atoms with E-state index in [1.165, 1.54) is 16.6 Å². The number of sulfonamides is 1. The molecule has 0 saturated carbocycles. The molecule has 0 radical (unpaired) electrons. The maximum absolute atomic E-state index is 12.7. The van der Waals surface area contributed by atoms with Crippen molar-refractivity contribution < 1.29 is 13.2 Å². The Kier molecular flexibility index (Phi) is 5.43. The van der Waals surface area contributed by atoms with E-state index in [0.29, 0.717) is 18.9 Å². The van der Waals surface area contributed by atoms with Gasteiger partial charge in [0.2, 0.25) is 10.0 Å². The zero-order valence-corrected chi connectivity index (χ0v) is 17.3. The van der Waals surface area contributed by atoms with Crippen LogP contribution in [0.5, 0.6) is 0 Å². The number of carbonyl (C=O) groups is 1. The molecule has 11 heteroatoms. The molecule has 152 valence electrons. The number of aromatic nitrogens is 4. The highest BCUT2D eigenvalue weighted by Crippen LogP contribution is 2.26. The molecule has 1 amide bonds. The van der Waals surface area contributed by atoms with Gasteiger partial charge in [-0.2, -0.15) is 21.2 Å². The second-order valence-corrected chi connectivity index (χ2v) is 9.69. The van der Waals surface area contributed by atoms with E-state index in [1.807, 2.05) is 19.1 Å². The highest BCUT2D eigenvalue weighted by molar-refractivity contribution is 7.99. The summed E-state index contributed by atoms with van der Waals surface area (Å²) in [7, 11) is -3.61. The van der Waals surface area contributed by atoms with Gasteiger partial charge in [0.25, 0.3) is 5.91 Å². The molecule has 3 aromatic rings. The molecule has 4 rings (SSSR count). The quantitative estimate of drug-likeness (QED) is 0.567. The molecule has 29 heavy (non-hydrogen) atoms. The maximum atomic E-state index is 12.7. The summed E-state index contributed by atoms with van der Waals surface area (Å²) in [6.45, 7) is 2.79. The SMILES string of the molecule is Cc1c(NC(=O)c2cc(S(=O)(=O)N3CCSCC3)c[nH]2)n[nH]c1-c1ccncc1. The number of amides is 1. The van der Waals surface area contributed by atoms with Gasteiger partial charge < -0.3 is 10.3 Å². The van der Waals surface area contributed by atoms with E-state index >= 15 is 0 Å². The average Bonchev–Trinajstić information content (AvgIpc) is 3.38. The molecule has 1 saturated heterocycles. The highest BCUT2D eigenvalue weighted by Gasteiger charge is 2.28. The first kappa shape index (κ1) is 19.7. The van der Waals surface area contributed by atoms with Crippen LogP contribution < -0.4 is 5.32 Å². The lowest BCUT2D eigenvalue weighted by atomic mass is 10.1. The summed E-state index contributed by atoms with van der Waals surface area (Å²) in [4.78, 5) is 19.4. The van der Waals surface area contributed by atoms with Crippen molar-refractivity contribution in [3.8, 4) is 11.3 Å². The van der Waals surface area contributed by atoms with Crippen LogP contribution in [-0.4, -0.2) is 63.4 Å². The average molecular weight is 433 g/mol. The second-order valence-electron chi connectivity index (χ2n) is 6.53. The number of hydrogen-bond donors (Lipinski definition) is 3. The van der Waals surface area contributed by atoms with Crippen molar-refractivity contribution in [2.75, 3.05) is 29.9 Å². The lowest BCUT2D eigenvalue weighted by molar-refractivity contribution is 0.102. The molecule has 0 spiro atoms. The van der Waals surface area contributed by atoms with Gasteiger partial charge in [-0.3, -0.25) is 14.9 Å². The Morgan fingerprint density at radius 3 is 2.69 bits per heavy atom. The predicted molar refractivity (Wildman–Crippen MR) is 111 cm³/mol. The van der Waals surface area contributed by atoms with E-state index in [2.05, 4.69) is 25.5 Å². The van der Waals surface area contributed by atoms with Crippen LogP contribution >= 0.6 is 11.8 Å². The van der Waals surface area contributed by atoms with Crippen LogP contribution in [0, 0.1) is 6.92 Å². The molecular formula is C18H20N6O3S2. The standard InChI is InChI=1S/C18H20N6O3S2/c1-12-16(13-2-4-19-5-3-13)22-23-17(12)21-18(25)15-10-14(11-20-15)29(26,27)24-6-8-28-9-7-24/h2-5,10-11,20H,6-9H2,1H3,(H2,21,22,23,25). The number of hydrogen-bond acceptors (Lipinski definition) is 6. The first-order valence-electron chi connectivity index (χ1n) is 9.00. The van der Waals surface area contributed by atoms with E-state index in [0.717, 1.165) is 28.3 Å². The second kappa shape index (κ2) is 8.01. The highest BCUT2D eigenvalue weighted by atomic mass is 32.2. The lowest BCUT2D eigenvalue weighted by Gasteiger charge is -2.24. The van der Waals surface area contributed by atoms with Crippen molar-refractivity contribution in [2.45, 2.75) is 11.8 Å². The van der Waals surface area contributed by atoms with Gasteiger partial charge in [0.15, 0.2) is 5.82 Å². The van der Waals surface area contributed by atoms with Crippen molar-refractivity contribution in [3.05, 3.63) is 48.0 Å². The van der Waals surface area contributed by atoms with Crippen molar-refractivity contribution in [3.63, 3.8) is 0 Å². The summed E-state index contributed by atoms with van der Waals surface area (Å²) in [6, 6.07) is 5.04. The minimum atomic E-state index is -3.61. The van der Waals surface area contributed by atoms with E-state index < -0.39 is 15.9 Å². The summed E-state index contributed by atoms with van der Waals surface area (Å²) in [5.41, 5.74) is 2.61. The van der Waals surface area contributed by atoms with E-state index in [9.17, 15) is 13.2 Å². The monoisotopic (exact) mass is 432 g/mol. The third-order valence-corrected chi connectivity index (χ3v) is 7.54. The molecule has 0 aliphatic carbocycles. The van der Waals surface area contributed by atoms with E-state index in [4.69, 9.17) is 0 Å². The molecule has 1 aliphatic rings. The Balaban J connectivity index is 1.51. The molecule has 3 aromatic heterocycles. The Morgan fingerprint density at radius 1 is 1.24 bits per heavy atom. The first-order chi connectivity index (χ1) is 14.0. The normalized spacial score (nSPS) is 15.3. The van der Waals surface area contributed by atoms with Gasteiger partial charge in [0.05, 0.1) is 5.69 Å². The molecule has 0 aromatic carbocycles. The summed E-state index contributed by atoms with van der Waals surface area (Å²) >= 11 is 1.73. The third kappa shape index (κ3) is 3.93. The van der Waals surface area contributed by atoms with Gasteiger partial charge in [-0.05, 0) is 25.1 Å². The molecule has 1 fully saturated rings. The van der Waals surface area contributed by atoms with Crippen molar-refractivity contribution in [1.82, 2.24) is 24.5 Å². The topological polar surface area (TPSA) is 124 Å². The van der Waals surface area contributed by atoms with Crippen molar-refractivity contribution >= 4 is 33.5 Å². The van der Waals surface area contributed by atoms with Crippen molar-refractivity contribution in [1.29, 1.82) is 0 Å². The number of nitrogens with one attached hydrogen (secondary N) is 3. The van der Waals surface area contributed by atoms with Gasteiger partial charge in [-0.1, -0.05) is 0 Å². The molecule has 4 heterocycles. The van der Waals surface area contributed by atoms with Crippen LogP contribution in [0.2, 0.25) is 0 Å². The minimum absolute atomic E-state index is 0.0887. The van der Waals surface area contributed by atoms with Crippen molar-refractivity contribution in [2.24, 2.45) is 0 Å². The Bertz CT molecular complexity index is 1120.